The molecule has 140 valence electrons. The zero-order chi connectivity index (χ0) is 19.2. The first-order chi connectivity index (χ1) is 12.3. The molecule has 0 bridgehead atoms. The van der Waals surface area contributed by atoms with E-state index in [1.54, 1.807) is 30.3 Å². The van der Waals surface area contributed by atoms with Crippen LogP contribution in [0.4, 0.5) is 14.5 Å². The van der Waals surface area contributed by atoms with Crippen molar-refractivity contribution < 1.29 is 26.7 Å². The van der Waals surface area contributed by atoms with Crippen LogP contribution in [-0.2, 0) is 14.8 Å². The fourth-order valence-corrected chi connectivity index (χ4v) is 3.11. The molecule has 0 aliphatic carbocycles. The minimum atomic E-state index is -3.95. The number of nitrogens with zero attached hydrogens (tertiary/aromatic N) is 1. The molecule has 0 unspecified atom stereocenters. The maximum absolute atomic E-state index is 13.9. The van der Waals surface area contributed by atoms with Gasteiger partial charge >= 0.3 is 0 Å². The summed E-state index contributed by atoms with van der Waals surface area (Å²) in [6.07, 6.45) is 0.833. The molecule has 0 aliphatic heterocycles. The van der Waals surface area contributed by atoms with Crippen LogP contribution in [0.1, 0.15) is 0 Å². The minimum absolute atomic E-state index is 0.141. The van der Waals surface area contributed by atoms with Crippen molar-refractivity contribution in [2.24, 2.45) is 0 Å². The van der Waals surface area contributed by atoms with E-state index in [2.05, 4.69) is 5.32 Å². The summed E-state index contributed by atoms with van der Waals surface area (Å²) < 4.78 is 57.3. The predicted molar refractivity (Wildman–Crippen MR) is 93.5 cm³/mol. The number of benzene rings is 2. The van der Waals surface area contributed by atoms with E-state index in [4.69, 9.17) is 4.74 Å². The van der Waals surface area contributed by atoms with Gasteiger partial charge in [-0.05, 0) is 24.3 Å². The number of carbonyl (C=O) groups is 1. The van der Waals surface area contributed by atoms with Gasteiger partial charge in [-0.1, -0.05) is 24.3 Å². The number of carbonyl (C=O) groups excluding carboxylic acids is 1. The Kier molecular flexibility index (Phi) is 6.51. The minimum Gasteiger partial charge on any atom is -0.484 e. The van der Waals surface area contributed by atoms with Crippen LogP contribution >= 0.6 is 0 Å². The summed E-state index contributed by atoms with van der Waals surface area (Å²) in [6.45, 7) is -0.734. The summed E-state index contributed by atoms with van der Waals surface area (Å²) in [5, 5.41) is 2.45. The molecule has 0 radical (unpaired) electrons. The molecule has 0 saturated heterocycles. The smallest absolute Gasteiger partial charge is 0.258 e. The molecule has 1 N–H and O–H groups in total. The van der Waals surface area contributed by atoms with Crippen LogP contribution in [0.5, 0.6) is 5.75 Å². The summed E-state index contributed by atoms with van der Waals surface area (Å²) in [7, 11) is -3.95. The van der Waals surface area contributed by atoms with Crippen LogP contribution in [0.15, 0.2) is 48.5 Å². The number of amides is 1. The quantitative estimate of drug-likeness (QED) is 0.755. The van der Waals surface area contributed by atoms with E-state index in [1.807, 2.05) is 0 Å². The number of anilines is 1. The van der Waals surface area contributed by atoms with Crippen molar-refractivity contribution in [3.05, 3.63) is 60.2 Å². The molecule has 6 nitrogen and oxygen atoms in total. The zero-order valence-corrected chi connectivity index (χ0v) is 14.8. The summed E-state index contributed by atoms with van der Waals surface area (Å²) in [6, 6.07) is 11.7. The van der Waals surface area contributed by atoms with Crippen molar-refractivity contribution in [1.29, 1.82) is 0 Å². The molecule has 0 spiro atoms. The van der Waals surface area contributed by atoms with Crippen molar-refractivity contribution in [2.45, 2.75) is 0 Å². The normalized spacial score (nSPS) is 11.0. The molecule has 2 aromatic rings. The molecule has 26 heavy (non-hydrogen) atoms. The van der Waals surface area contributed by atoms with Crippen LogP contribution in [0.25, 0.3) is 0 Å². The fraction of sp³-hybridized carbons (Fsp3) is 0.235. The maximum Gasteiger partial charge on any atom is 0.258 e. The number of hydrogen-bond donors (Lipinski definition) is 1. The van der Waals surface area contributed by atoms with E-state index >= 15 is 0 Å². The largest absolute Gasteiger partial charge is 0.484 e. The molecular formula is C17H18F2N2O4S. The van der Waals surface area contributed by atoms with Crippen molar-refractivity contribution in [3.8, 4) is 5.75 Å². The van der Waals surface area contributed by atoms with Gasteiger partial charge in [-0.25, -0.2) is 17.2 Å². The molecule has 0 aromatic heterocycles. The first-order valence-electron chi connectivity index (χ1n) is 7.65. The third-order valence-electron chi connectivity index (χ3n) is 3.34. The van der Waals surface area contributed by atoms with Gasteiger partial charge in [-0.2, -0.15) is 0 Å². The number of hydrogen-bond acceptors (Lipinski definition) is 4. The number of para-hydroxylation sites is 2. The number of rotatable bonds is 8. The first-order valence-corrected chi connectivity index (χ1v) is 9.50. The molecule has 9 heteroatoms. The lowest BCUT2D eigenvalue weighted by atomic mass is 10.3. The average Bonchev–Trinajstić information content (AvgIpc) is 2.58. The van der Waals surface area contributed by atoms with E-state index in [0.29, 0.717) is 10.1 Å². The average molecular weight is 384 g/mol. The highest BCUT2D eigenvalue weighted by Gasteiger charge is 2.24. The third kappa shape index (κ3) is 5.41. The summed E-state index contributed by atoms with van der Waals surface area (Å²) in [4.78, 5) is 11.8. The van der Waals surface area contributed by atoms with Crippen molar-refractivity contribution in [3.63, 3.8) is 0 Å². The lowest BCUT2D eigenvalue weighted by molar-refractivity contribution is -0.123. The second kappa shape index (κ2) is 8.61. The van der Waals surface area contributed by atoms with Crippen molar-refractivity contribution in [1.82, 2.24) is 5.32 Å². The van der Waals surface area contributed by atoms with Gasteiger partial charge in [0, 0.05) is 6.54 Å². The Morgan fingerprint density at radius 1 is 1.08 bits per heavy atom. The van der Waals surface area contributed by atoms with Gasteiger partial charge in [0.15, 0.2) is 18.2 Å². The highest BCUT2D eigenvalue weighted by molar-refractivity contribution is 7.92. The van der Waals surface area contributed by atoms with Crippen LogP contribution in [-0.4, -0.2) is 40.3 Å². The standard InChI is InChI=1S/C17H18F2N2O4S/c1-26(23,24)21(17-14(18)8-5-9-15(17)19)11-10-20-16(22)12-25-13-6-3-2-4-7-13/h2-9H,10-12H2,1H3,(H,20,22). The summed E-state index contributed by atoms with van der Waals surface area (Å²) >= 11 is 0. The molecule has 0 fully saturated rings. The van der Waals surface area contributed by atoms with E-state index < -0.39 is 33.3 Å². The van der Waals surface area contributed by atoms with Crippen LogP contribution in [0, 0.1) is 11.6 Å². The van der Waals surface area contributed by atoms with E-state index in [1.165, 1.54) is 0 Å². The topological polar surface area (TPSA) is 75.7 Å². The molecule has 2 rings (SSSR count). The molecule has 0 heterocycles. The predicted octanol–water partition coefficient (Wildman–Crippen LogP) is 1.93. The van der Waals surface area contributed by atoms with E-state index in [0.717, 1.165) is 24.5 Å². The molecule has 0 atom stereocenters. The number of ether oxygens (including phenoxy) is 1. The van der Waals surface area contributed by atoms with Crippen molar-refractivity contribution in [2.75, 3.05) is 30.3 Å². The SMILES string of the molecule is CS(=O)(=O)N(CCNC(=O)COc1ccccc1)c1c(F)cccc1F. The highest BCUT2D eigenvalue weighted by Crippen LogP contribution is 2.24. The van der Waals surface area contributed by atoms with Crippen LogP contribution in [0.2, 0.25) is 0 Å². The van der Waals surface area contributed by atoms with Crippen LogP contribution in [0.3, 0.4) is 0 Å². The number of nitrogens with one attached hydrogen (secondary N) is 1. The van der Waals surface area contributed by atoms with Gasteiger partial charge in [-0.15, -0.1) is 0 Å². The second-order valence-electron chi connectivity index (χ2n) is 5.36. The molecule has 0 saturated carbocycles. The Bertz CT molecular complexity index is 840. The van der Waals surface area contributed by atoms with Gasteiger partial charge in [0.25, 0.3) is 5.91 Å². The highest BCUT2D eigenvalue weighted by atomic mass is 32.2. The Morgan fingerprint density at radius 2 is 1.69 bits per heavy atom. The van der Waals surface area contributed by atoms with Gasteiger partial charge < -0.3 is 10.1 Å². The zero-order valence-electron chi connectivity index (χ0n) is 14.0. The molecule has 1 amide bonds. The van der Waals surface area contributed by atoms with E-state index in [-0.39, 0.29) is 19.7 Å². The maximum atomic E-state index is 13.9. The second-order valence-corrected chi connectivity index (χ2v) is 7.26. The summed E-state index contributed by atoms with van der Waals surface area (Å²) in [5.41, 5.74) is -0.676. The van der Waals surface area contributed by atoms with Crippen LogP contribution < -0.4 is 14.4 Å². The number of sulfonamides is 1. The van der Waals surface area contributed by atoms with Gasteiger partial charge in [0.1, 0.15) is 11.4 Å². The first kappa shape index (κ1) is 19.6. The van der Waals surface area contributed by atoms with Gasteiger partial charge in [-0.3, -0.25) is 9.10 Å². The third-order valence-corrected chi connectivity index (χ3v) is 4.50. The van der Waals surface area contributed by atoms with Gasteiger partial charge in [0.2, 0.25) is 10.0 Å². The number of halogens is 2. The lowest BCUT2D eigenvalue weighted by Crippen LogP contribution is -2.40. The Morgan fingerprint density at radius 3 is 2.27 bits per heavy atom. The monoisotopic (exact) mass is 384 g/mol. The molecular weight excluding hydrogens is 366 g/mol. The molecule has 2 aromatic carbocycles. The van der Waals surface area contributed by atoms with Gasteiger partial charge in [0.05, 0.1) is 12.8 Å². The Hall–Kier alpha value is -2.68. The lowest BCUT2D eigenvalue weighted by Gasteiger charge is -2.23. The van der Waals surface area contributed by atoms with E-state index in [9.17, 15) is 22.0 Å². The fourth-order valence-electron chi connectivity index (χ4n) is 2.18. The Labute approximate surface area is 150 Å². The molecule has 0 aliphatic rings. The Balaban J connectivity index is 1.95. The summed E-state index contributed by atoms with van der Waals surface area (Å²) in [5.74, 6) is -1.99. The van der Waals surface area contributed by atoms with Crippen molar-refractivity contribution >= 4 is 21.6 Å².